The van der Waals surface area contributed by atoms with E-state index in [1.807, 2.05) is 18.2 Å². The first-order valence-electron chi connectivity index (χ1n) is 7.23. The van der Waals surface area contributed by atoms with E-state index in [-0.39, 0.29) is 24.0 Å². The average Bonchev–Trinajstić information content (AvgIpc) is 2.91. The lowest BCUT2D eigenvalue weighted by Gasteiger charge is -2.09. The fourth-order valence-corrected chi connectivity index (χ4v) is 3.68. The molecular formula is C16H21NO3S. The molecule has 0 aromatic heterocycles. The highest BCUT2D eigenvalue weighted by atomic mass is 32.2. The van der Waals surface area contributed by atoms with Gasteiger partial charge in [0.15, 0.2) is 9.84 Å². The number of hydrogen-bond donors (Lipinski definition) is 1. The zero-order valence-corrected chi connectivity index (χ0v) is 12.8. The minimum absolute atomic E-state index is 0.0197. The van der Waals surface area contributed by atoms with E-state index < -0.39 is 9.84 Å². The second-order valence-corrected chi connectivity index (χ2v) is 7.58. The van der Waals surface area contributed by atoms with Gasteiger partial charge < -0.3 is 5.32 Å². The summed E-state index contributed by atoms with van der Waals surface area (Å²) >= 11 is 0. The predicted octanol–water partition coefficient (Wildman–Crippen LogP) is 2.07. The molecule has 5 heteroatoms. The van der Waals surface area contributed by atoms with Gasteiger partial charge in [-0.3, -0.25) is 4.79 Å². The molecule has 0 saturated carbocycles. The number of amides is 1. The molecule has 0 bridgehead atoms. The Morgan fingerprint density at radius 2 is 2.00 bits per heavy atom. The Kier molecular flexibility index (Phi) is 5.56. The van der Waals surface area contributed by atoms with Crippen molar-refractivity contribution in [1.29, 1.82) is 0 Å². The van der Waals surface area contributed by atoms with Gasteiger partial charge in [-0.25, -0.2) is 8.42 Å². The third kappa shape index (κ3) is 5.71. The van der Waals surface area contributed by atoms with Crippen LogP contribution in [0.25, 0.3) is 0 Å². The molecule has 1 aliphatic rings. The molecule has 0 fully saturated rings. The summed E-state index contributed by atoms with van der Waals surface area (Å²) < 4.78 is 23.9. The second kappa shape index (κ2) is 7.41. The molecule has 1 aromatic carbocycles. The van der Waals surface area contributed by atoms with E-state index >= 15 is 0 Å². The van der Waals surface area contributed by atoms with Crippen molar-refractivity contribution in [2.24, 2.45) is 5.92 Å². The number of carbonyl (C=O) groups is 1. The van der Waals surface area contributed by atoms with Crippen LogP contribution in [-0.4, -0.2) is 26.6 Å². The minimum atomic E-state index is -3.19. The Morgan fingerprint density at radius 1 is 1.24 bits per heavy atom. The monoisotopic (exact) mass is 307 g/mol. The van der Waals surface area contributed by atoms with Gasteiger partial charge in [-0.15, -0.1) is 0 Å². The van der Waals surface area contributed by atoms with Crippen molar-refractivity contribution in [3.8, 4) is 0 Å². The lowest BCUT2D eigenvalue weighted by Crippen LogP contribution is -2.30. The molecule has 114 valence electrons. The maximum absolute atomic E-state index is 12.0. The van der Waals surface area contributed by atoms with E-state index in [1.165, 1.54) is 0 Å². The summed E-state index contributed by atoms with van der Waals surface area (Å²) in [6, 6.07) is 9.09. The minimum Gasteiger partial charge on any atom is -0.355 e. The first-order chi connectivity index (χ1) is 10.1. The molecule has 0 spiro atoms. The molecule has 1 aromatic rings. The summed E-state index contributed by atoms with van der Waals surface area (Å²) in [6.07, 6.45) is 6.65. The summed E-state index contributed by atoms with van der Waals surface area (Å²) in [6.45, 7) is 0.185. The number of nitrogens with one attached hydrogen (secondary N) is 1. The van der Waals surface area contributed by atoms with Crippen molar-refractivity contribution in [2.45, 2.75) is 25.0 Å². The molecule has 1 N–H and O–H groups in total. The molecule has 21 heavy (non-hydrogen) atoms. The van der Waals surface area contributed by atoms with E-state index in [1.54, 1.807) is 12.1 Å². The molecule has 1 atom stereocenters. The highest BCUT2D eigenvalue weighted by Gasteiger charge is 2.15. The van der Waals surface area contributed by atoms with Crippen molar-refractivity contribution in [1.82, 2.24) is 5.32 Å². The first kappa shape index (κ1) is 15.8. The number of allylic oxidation sites excluding steroid dienone is 2. The molecule has 0 unspecified atom stereocenters. The zero-order valence-electron chi connectivity index (χ0n) is 12.0. The normalized spacial score (nSPS) is 17.8. The number of hydrogen-bond acceptors (Lipinski definition) is 3. The molecule has 1 amide bonds. The fourth-order valence-electron chi connectivity index (χ4n) is 2.42. The number of benzene rings is 1. The Balaban J connectivity index is 1.71. The SMILES string of the molecule is O=C(C[C@H]1C=CCC1)NCCS(=O)(=O)Cc1ccccc1. The quantitative estimate of drug-likeness (QED) is 0.784. The third-order valence-electron chi connectivity index (χ3n) is 3.52. The predicted molar refractivity (Wildman–Crippen MR) is 83.4 cm³/mol. The Labute approximate surface area is 126 Å². The van der Waals surface area contributed by atoms with Crippen molar-refractivity contribution in [3.63, 3.8) is 0 Å². The Bertz CT molecular complexity index is 593. The van der Waals surface area contributed by atoms with Crippen LogP contribution in [0.5, 0.6) is 0 Å². The smallest absolute Gasteiger partial charge is 0.220 e. The summed E-state index contributed by atoms with van der Waals surface area (Å²) in [5, 5.41) is 2.70. The molecule has 2 rings (SSSR count). The van der Waals surface area contributed by atoms with Crippen LogP contribution in [-0.2, 0) is 20.4 Å². The molecule has 1 aliphatic carbocycles. The molecule has 0 aliphatic heterocycles. The van der Waals surface area contributed by atoms with Gasteiger partial charge >= 0.3 is 0 Å². The van der Waals surface area contributed by atoms with Gasteiger partial charge in [0.25, 0.3) is 0 Å². The number of carbonyl (C=O) groups excluding carboxylic acids is 1. The molecule has 4 nitrogen and oxygen atoms in total. The summed E-state index contributed by atoms with van der Waals surface area (Å²) in [5.74, 6) is 0.246. The van der Waals surface area contributed by atoms with Gasteiger partial charge in [-0.2, -0.15) is 0 Å². The van der Waals surface area contributed by atoms with Crippen LogP contribution in [0.15, 0.2) is 42.5 Å². The average molecular weight is 307 g/mol. The van der Waals surface area contributed by atoms with Crippen LogP contribution in [0.4, 0.5) is 0 Å². The zero-order chi connectivity index (χ0) is 15.1. The van der Waals surface area contributed by atoms with Crippen molar-refractivity contribution >= 4 is 15.7 Å². The van der Waals surface area contributed by atoms with Gasteiger partial charge in [0.05, 0.1) is 11.5 Å². The molecule has 0 saturated heterocycles. The van der Waals surface area contributed by atoms with E-state index in [0.717, 1.165) is 18.4 Å². The van der Waals surface area contributed by atoms with Gasteiger partial charge in [-0.1, -0.05) is 42.5 Å². The van der Waals surface area contributed by atoms with E-state index in [0.29, 0.717) is 12.3 Å². The van der Waals surface area contributed by atoms with Crippen LogP contribution in [0.2, 0.25) is 0 Å². The topological polar surface area (TPSA) is 63.2 Å². The Morgan fingerprint density at radius 3 is 2.67 bits per heavy atom. The molecule has 0 heterocycles. The van der Waals surface area contributed by atoms with Gasteiger partial charge in [0, 0.05) is 13.0 Å². The maximum Gasteiger partial charge on any atom is 0.220 e. The van der Waals surface area contributed by atoms with E-state index in [4.69, 9.17) is 0 Å². The van der Waals surface area contributed by atoms with Gasteiger partial charge in [0.2, 0.25) is 5.91 Å². The summed E-state index contributed by atoms with van der Waals surface area (Å²) in [5.41, 5.74) is 0.778. The lowest BCUT2D eigenvalue weighted by atomic mass is 10.1. The Hall–Kier alpha value is -1.62. The third-order valence-corrected chi connectivity index (χ3v) is 5.12. The second-order valence-electron chi connectivity index (χ2n) is 5.40. The van der Waals surface area contributed by atoms with Crippen molar-refractivity contribution in [2.75, 3.05) is 12.3 Å². The van der Waals surface area contributed by atoms with Gasteiger partial charge in [-0.05, 0) is 24.3 Å². The van der Waals surface area contributed by atoms with Crippen LogP contribution in [0, 0.1) is 5.92 Å². The van der Waals surface area contributed by atoms with Crippen molar-refractivity contribution < 1.29 is 13.2 Å². The molecule has 0 radical (unpaired) electrons. The fraction of sp³-hybridized carbons (Fsp3) is 0.438. The van der Waals surface area contributed by atoms with E-state index in [9.17, 15) is 13.2 Å². The summed E-state index contributed by atoms with van der Waals surface area (Å²) in [7, 11) is -3.19. The van der Waals surface area contributed by atoms with Crippen LogP contribution in [0.1, 0.15) is 24.8 Å². The molecular weight excluding hydrogens is 286 g/mol. The van der Waals surface area contributed by atoms with Crippen molar-refractivity contribution in [3.05, 3.63) is 48.0 Å². The van der Waals surface area contributed by atoms with Crippen LogP contribution < -0.4 is 5.32 Å². The largest absolute Gasteiger partial charge is 0.355 e. The highest BCUT2D eigenvalue weighted by molar-refractivity contribution is 7.90. The van der Waals surface area contributed by atoms with Gasteiger partial charge in [0.1, 0.15) is 0 Å². The van der Waals surface area contributed by atoms with E-state index in [2.05, 4.69) is 17.5 Å². The van der Waals surface area contributed by atoms with Crippen LogP contribution in [0.3, 0.4) is 0 Å². The summed E-state index contributed by atoms with van der Waals surface area (Å²) in [4.78, 5) is 11.7. The first-order valence-corrected chi connectivity index (χ1v) is 9.05. The standard InChI is InChI=1S/C16H21NO3S/c18-16(12-14-6-4-5-7-14)17-10-11-21(19,20)13-15-8-2-1-3-9-15/h1-4,6,8-9,14H,5,7,10-13H2,(H,17,18)/t14-/m0/s1. The lowest BCUT2D eigenvalue weighted by molar-refractivity contribution is -0.121. The number of sulfone groups is 1. The highest BCUT2D eigenvalue weighted by Crippen LogP contribution is 2.19. The maximum atomic E-state index is 12.0. The number of rotatable bonds is 7. The van der Waals surface area contributed by atoms with Crippen LogP contribution >= 0.6 is 0 Å².